The van der Waals surface area contributed by atoms with Gasteiger partial charge in [0.25, 0.3) is 0 Å². The van der Waals surface area contributed by atoms with Crippen molar-refractivity contribution in [3.8, 4) is 0 Å². The van der Waals surface area contributed by atoms with Crippen LogP contribution in [0.1, 0.15) is 68.1 Å². The fourth-order valence-electron chi connectivity index (χ4n) is 7.73. The third-order valence-corrected chi connectivity index (χ3v) is 11.3. The number of amides is 8. The van der Waals surface area contributed by atoms with Crippen molar-refractivity contribution in [3.05, 3.63) is 102 Å². The van der Waals surface area contributed by atoms with Crippen molar-refractivity contribution < 1.29 is 38.4 Å². The molecule has 0 aliphatic carbocycles. The van der Waals surface area contributed by atoms with Crippen LogP contribution < -0.4 is 61.0 Å². The summed E-state index contributed by atoms with van der Waals surface area (Å²) < 4.78 is 0. The number of nitrogens with two attached hydrogens (primary N) is 6. The molecule has 2 aromatic carbocycles. The first-order valence-electron chi connectivity index (χ1n) is 23.0. The van der Waals surface area contributed by atoms with Gasteiger partial charge in [-0.3, -0.25) is 53.3 Å². The molecule has 17 N–H and O–H groups in total. The maximum atomic E-state index is 14.6. The van der Waals surface area contributed by atoms with E-state index >= 15 is 0 Å². The highest BCUT2D eigenvalue weighted by atomic mass is 16.2. The van der Waals surface area contributed by atoms with Crippen LogP contribution in [-0.2, 0) is 57.6 Å². The molecule has 0 spiro atoms. The van der Waals surface area contributed by atoms with E-state index < -0.39 is 89.9 Å². The highest BCUT2D eigenvalue weighted by molar-refractivity contribution is 5.98. The second-order valence-corrected chi connectivity index (χ2v) is 16.8. The maximum Gasteiger partial charge on any atom is 0.245 e. The van der Waals surface area contributed by atoms with E-state index in [-0.39, 0.29) is 82.9 Å². The smallest absolute Gasteiger partial charge is 0.245 e. The van der Waals surface area contributed by atoms with Crippen LogP contribution in [0.25, 0.3) is 0 Å². The molecular formula is C47H65N15O8. The van der Waals surface area contributed by atoms with Crippen molar-refractivity contribution in [3.63, 3.8) is 0 Å². The Morgan fingerprint density at radius 3 is 1.66 bits per heavy atom. The van der Waals surface area contributed by atoms with Gasteiger partial charge < -0.3 is 65.9 Å². The molecule has 1 fully saturated rings. The number of primary amides is 2. The number of guanidine groups is 2. The van der Waals surface area contributed by atoms with E-state index in [9.17, 15) is 38.4 Å². The van der Waals surface area contributed by atoms with Crippen LogP contribution >= 0.6 is 0 Å². The molecular weight excluding hydrogens is 903 g/mol. The Balaban J connectivity index is 1.59. The number of aryl methyl sites for hydroxylation is 1. The Hall–Kier alpha value is -8.11. The minimum absolute atomic E-state index is 0.00221. The minimum Gasteiger partial charge on any atom is -0.370 e. The van der Waals surface area contributed by atoms with Crippen molar-refractivity contribution in [2.24, 2.45) is 44.4 Å². The average molecular weight is 968 g/mol. The second kappa shape index (κ2) is 28.3. The second-order valence-electron chi connectivity index (χ2n) is 16.8. The van der Waals surface area contributed by atoms with E-state index in [1.807, 2.05) is 24.3 Å². The fraction of sp³-hybridized carbons (Fsp3) is 0.426. The summed E-state index contributed by atoms with van der Waals surface area (Å²) in [6.07, 6.45) is 4.18. The minimum atomic E-state index is -1.47. The summed E-state index contributed by atoms with van der Waals surface area (Å²) in [7, 11) is 0. The normalized spacial score (nSPS) is 15.1. The molecule has 4 rings (SSSR count). The Kier molecular flexibility index (Phi) is 22.0. The number of carbonyl (C=O) groups excluding carboxylic acids is 8. The predicted molar refractivity (Wildman–Crippen MR) is 260 cm³/mol. The van der Waals surface area contributed by atoms with E-state index in [0.717, 1.165) is 11.1 Å². The van der Waals surface area contributed by atoms with Gasteiger partial charge in [0.2, 0.25) is 47.3 Å². The average Bonchev–Trinajstić information content (AvgIpc) is 3.83. The Bertz CT molecular complexity index is 2290. The summed E-state index contributed by atoms with van der Waals surface area (Å²) in [5.41, 5.74) is 35.0. The van der Waals surface area contributed by atoms with Crippen LogP contribution in [0.2, 0.25) is 0 Å². The Morgan fingerprint density at radius 1 is 0.614 bits per heavy atom. The molecule has 0 unspecified atom stereocenters. The number of aliphatic imine (C=N–C) groups is 2. The van der Waals surface area contributed by atoms with Crippen LogP contribution in [0, 0.1) is 0 Å². The maximum absolute atomic E-state index is 14.6. The van der Waals surface area contributed by atoms with Gasteiger partial charge >= 0.3 is 0 Å². The van der Waals surface area contributed by atoms with Gasteiger partial charge in [0, 0.05) is 51.3 Å². The number of rotatable bonds is 28. The van der Waals surface area contributed by atoms with Crippen LogP contribution in [0.3, 0.4) is 0 Å². The molecule has 6 atom stereocenters. The van der Waals surface area contributed by atoms with Gasteiger partial charge in [-0.15, -0.1) is 0 Å². The van der Waals surface area contributed by atoms with Gasteiger partial charge in [-0.1, -0.05) is 66.7 Å². The van der Waals surface area contributed by atoms with Crippen LogP contribution in [0.5, 0.6) is 0 Å². The summed E-state index contributed by atoms with van der Waals surface area (Å²) in [6, 6.07) is 14.1. The highest BCUT2D eigenvalue weighted by Crippen LogP contribution is 2.21. The van der Waals surface area contributed by atoms with E-state index in [2.05, 4.69) is 41.6 Å². The third-order valence-electron chi connectivity index (χ3n) is 11.3. The molecule has 2 heterocycles. The predicted octanol–water partition coefficient (Wildman–Crippen LogP) is -2.62. The number of aromatic nitrogens is 1. The summed E-state index contributed by atoms with van der Waals surface area (Å²) in [5.74, 6) is -6.29. The third kappa shape index (κ3) is 18.9. The highest BCUT2D eigenvalue weighted by Gasteiger charge is 2.40. The number of likely N-dealkylation sites (tertiary alicyclic amines) is 1. The molecule has 1 aromatic heterocycles. The lowest BCUT2D eigenvalue weighted by atomic mass is 10.0. The number of nitrogens with one attached hydrogen (secondary N) is 5. The summed E-state index contributed by atoms with van der Waals surface area (Å²) >= 11 is 0. The molecule has 70 heavy (non-hydrogen) atoms. The summed E-state index contributed by atoms with van der Waals surface area (Å²) in [5, 5.41) is 13.5. The standard InChI is InChI=1S/C47H65N15O8/c48-38(63)27-34(40(49)65)60-41(66)32(16-8-22-55-46(50)51)58-44(69)37-18-10-24-62(37)45(70)33(17-9-23-56-47(52)53)59-43(68)36(26-30-13-5-2-6-14-30)61-42(67)35(25-29-11-3-1-4-12-29)57-39(64)20-19-31-15-7-21-54-28-31/h1-7,11-15,21,28,32-37H,8-10,16-20,22-27H2,(H2,48,63)(H2,49,65)(H,57,64)(H,58,69)(H,59,68)(H,60,66)(H,61,67)(H4,50,51,55)(H4,52,53,56)/t32-,33-,34-,35-,36-,37-/m0/s1. The van der Waals surface area contributed by atoms with Gasteiger partial charge in [-0.25, -0.2) is 0 Å². The zero-order valence-electron chi connectivity index (χ0n) is 39.0. The van der Waals surface area contributed by atoms with Crippen molar-refractivity contribution >= 4 is 59.2 Å². The molecule has 376 valence electrons. The lowest BCUT2D eigenvalue weighted by molar-refractivity contribution is -0.142. The molecule has 8 amide bonds. The molecule has 0 radical (unpaired) electrons. The zero-order valence-corrected chi connectivity index (χ0v) is 39.0. The van der Waals surface area contributed by atoms with Crippen molar-refractivity contribution in [1.29, 1.82) is 0 Å². The lowest BCUT2D eigenvalue weighted by Gasteiger charge is -2.31. The van der Waals surface area contributed by atoms with Crippen molar-refractivity contribution in [2.75, 3.05) is 19.6 Å². The first-order chi connectivity index (χ1) is 33.5. The Morgan fingerprint density at radius 2 is 1.13 bits per heavy atom. The molecule has 1 saturated heterocycles. The van der Waals surface area contributed by atoms with Crippen LogP contribution in [0.4, 0.5) is 0 Å². The number of pyridine rings is 1. The van der Waals surface area contributed by atoms with Crippen LogP contribution in [-0.4, -0.2) is 125 Å². The van der Waals surface area contributed by atoms with Gasteiger partial charge in [-0.05, 0) is 67.7 Å². The monoisotopic (exact) mass is 968 g/mol. The summed E-state index contributed by atoms with van der Waals surface area (Å²) in [6.45, 7) is 0.280. The summed E-state index contributed by atoms with van der Waals surface area (Å²) in [4.78, 5) is 121. The molecule has 23 heteroatoms. The van der Waals surface area contributed by atoms with E-state index in [1.165, 1.54) is 4.90 Å². The number of hydrogen-bond acceptors (Lipinski definition) is 11. The fourth-order valence-corrected chi connectivity index (χ4v) is 7.73. The molecule has 0 saturated carbocycles. The first kappa shape index (κ1) is 54.5. The van der Waals surface area contributed by atoms with Crippen molar-refractivity contribution in [1.82, 2.24) is 36.5 Å². The zero-order chi connectivity index (χ0) is 51.0. The number of carbonyl (C=O) groups is 8. The van der Waals surface area contributed by atoms with Crippen LogP contribution in [0.15, 0.2) is 95.2 Å². The number of nitrogens with zero attached hydrogens (tertiary/aromatic N) is 4. The topological polar surface area (TPSA) is 394 Å². The molecule has 23 nitrogen and oxygen atoms in total. The van der Waals surface area contributed by atoms with Gasteiger partial charge in [-0.2, -0.15) is 0 Å². The largest absolute Gasteiger partial charge is 0.370 e. The number of benzene rings is 2. The molecule has 1 aliphatic heterocycles. The first-order valence-corrected chi connectivity index (χ1v) is 23.0. The van der Waals surface area contributed by atoms with E-state index in [4.69, 9.17) is 34.4 Å². The lowest BCUT2D eigenvalue weighted by Crippen LogP contribution is -2.60. The van der Waals surface area contributed by atoms with Crippen molar-refractivity contribution in [2.45, 2.75) is 107 Å². The number of hydrogen-bond donors (Lipinski definition) is 11. The van der Waals surface area contributed by atoms with Gasteiger partial charge in [0.1, 0.15) is 36.3 Å². The van der Waals surface area contributed by atoms with E-state index in [1.54, 1.807) is 60.9 Å². The van der Waals surface area contributed by atoms with Gasteiger partial charge in [0.05, 0.1) is 6.42 Å². The molecule has 1 aliphatic rings. The van der Waals surface area contributed by atoms with E-state index in [0.29, 0.717) is 18.4 Å². The van der Waals surface area contributed by atoms with Gasteiger partial charge in [0.15, 0.2) is 11.9 Å². The SMILES string of the molecule is NC(=O)C[C@H](NC(=O)[C@H](CCCN=C(N)N)NC(=O)[C@@H]1CCCN1C(=O)[C@H](CCCN=C(N)N)NC(=O)[C@H](Cc1ccccc1)NC(=O)[C@H](Cc1ccccc1)NC(=O)CCc1cccnc1)C(N)=O. The quantitative estimate of drug-likeness (QED) is 0.0202. The molecule has 0 bridgehead atoms. The molecule has 3 aromatic rings. The Labute approximate surface area is 405 Å².